The summed E-state index contributed by atoms with van der Waals surface area (Å²) in [6, 6.07) is 9.87. The number of nitrogens with one attached hydrogen (secondary N) is 1. The molecular formula is C16H19N3O2S. The van der Waals surface area contributed by atoms with Gasteiger partial charge in [-0.05, 0) is 18.4 Å². The van der Waals surface area contributed by atoms with Gasteiger partial charge in [-0.15, -0.1) is 11.3 Å². The maximum Gasteiger partial charge on any atom is 0.324 e. The van der Waals surface area contributed by atoms with Crippen LogP contribution in [0.15, 0.2) is 41.9 Å². The fourth-order valence-electron chi connectivity index (χ4n) is 2.51. The zero-order valence-electron chi connectivity index (χ0n) is 12.3. The Morgan fingerprint density at radius 2 is 2.27 bits per heavy atom. The second kappa shape index (κ2) is 7.38. The molecule has 5 nitrogen and oxygen atoms in total. The molecule has 1 atom stereocenters. The number of hydrogen-bond acceptors (Lipinski definition) is 4. The van der Waals surface area contributed by atoms with Crippen molar-refractivity contribution in [3.8, 4) is 0 Å². The standard InChI is InChI=1S/C16H19N3O2S/c20-16(18-15-17-8-10-22-15)19(12-14-7-4-9-21-14)11-13-5-2-1-3-6-13/h1-3,5-6,8,10,14H,4,7,9,11-12H2,(H,17,18,20)/t14-/m0/s1. The molecule has 1 saturated heterocycles. The second-order valence-electron chi connectivity index (χ2n) is 5.27. The van der Waals surface area contributed by atoms with Crippen LogP contribution in [0.3, 0.4) is 0 Å². The van der Waals surface area contributed by atoms with Gasteiger partial charge in [0.05, 0.1) is 6.10 Å². The molecule has 1 aliphatic heterocycles. The van der Waals surface area contributed by atoms with E-state index in [1.165, 1.54) is 11.3 Å². The smallest absolute Gasteiger partial charge is 0.324 e. The quantitative estimate of drug-likeness (QED) is 0.920. The van der Waals surface area contributed by atoms with Gasteiger partial charge < -0.3 is 9.64 Å². The molecule has 1 aliphatic rings. The maximum absolute atomic E-state index is 12.5. The van der Waals surface area contributed by atoms with E-state index in [9.17, 15) is 4.79 Å². The first-order valence-corrected chi connectivity index (χ1v) is 8.30. The molecule has 116 valence electrons. The van der Waals surface area contributed by atoms with E-state index in [-0.39, 0.29) is 12.1 Å². The molecule has 0 spiro atoms. The molecule has 2 heterocycles. The van der Waals surface area contributed by atoms with Crippen LogP contribution in [0.25, 0.3) is 0 Å². The van der Waals surface area contributed by atoms with Crippen LogP contribution in [0.1, 0.15) is 18.4 Å². The van der Waals surface area contributed by atoms with Gasteiger partial charge in [0.1, 0.15) is 0 Å². The van der Waals surface area contributed by atoms with Crippen LogP contribution in [0.4, 0.5) is 9.93 Å². The van der Waals surface area contributed by atoms with Gasteiger partial charge in [0.25, 0.3) is 0 Å². The van der Waals surface area contributed by atoms with E-state index in [1.807, 2.05) is 35.7 Å². The molecule has 2 aromatic rings. The molecule has 0 radical (unpaired) electrons. The molecule has 1 fully saturated rings. The molecule has 0 saturated carbocycles. The predicted molar refractivity (Wildman–Crippen MR) is 87.0 cm³/mol. The summed E-state index contributed by atoms with van der Waals surface area (Å²) in [6.45, 7) is 1.96. The lowest BCUT2D eigenvalue weighted by atomic mass is 10.2. The minimum atomic E-state index is -0.130. The summed E-state index contributed by atoms with van der Waals surface area (Å²) in [6.07, 6.45) is 3.89. The topological polar surface area (TPSA) is 54.5 Å². The monoisotopic (exact) mass is 317 g/mol. The first kappa shape index (κ1) is 15.0. The highest BCUT2D eigenvalue weighted by Gasteiger charge is 2.23. The number of ether oxygens (including phenoxy) is 1. The number of hydrogen-bond donors (Lipinski definition) is 1. The number of rotatable bonds is 5. The molecule has 1 aromatic heterocycles. The lowest BCUT2D eigenvalue weighted by Crippen LogP contribution is -2.39. The van der Waals surface area contributed by atoms with Gasteiger partial charge in [0.15, 0.2) is 5.13 Å². The van der Waals surface area contributed by atoms with Crippen molar-refractivity contribution in [2.24, 2.45) is 0 Å². The summed E-state index contributed by atoms with van der Waals surface area (Å²) >= 11 is 1.42. The van der Waals surface area contributed by atoms with Gasteiger partial charge >= 0.3 is 6.03 Å². The highest BCUT2D eigenvalue weighted by molar-refractivity contribution is 7.13. The number of carbonyl (C=O) groups excluding carboxylic acids is 1. The minimum absolute atomic E-state index is 0.130. The Morgan fingerprint density at radius 3 is 2.95 bits per heavy atom. The molecule has 0 aliphatic carbocycles. The van der Waals surface area contributed by atoms with Gasteiger partial charge in [-0.25, -0.2) is 9.78 Å². The largest absolute Gasteiger partial charge is 0.376 e. The van der Waals surface area contributed by atoms with Crippen LogP contribution < -0.4 is 5.32 Å². The van der Waals surface area contributed by atoms with Crippen molar-refractivity contribution >= 4 is 22.5 Å². The van der Waals surface area contributed by atoms with Gasteiger partial charge in [-0.1, -0.05) is 30.3 Å². The zero-order valence-corrected chi connectivity index (χ0v) is 13.1. The van der Waals surface area contributed by atoms with E-state index in [0.29, 0.717) is 18.2 Å². The predicted octanol–water partition coefficient (Wildman–Crippen LogP) is 3.36. The summed E-state index contributed by atoms with van der Waals surface area (Å²) < 4.78 is 5.67. The van der Waals surface area contributed by atoms with Gasteiger partial charge in [-0.3, -0.25) is 5.32 Å². The summed E-state index contributed by atoms with van der Waals surface area (Å²) in [7, 11) is 0. The molecule has 0 bridgehead atoms. The number of nitrogens with zero attached hydrogens (tertiary/aromatic N) is 2. The third-order valence-electron chi connectivity index (χ3n) is 3.60. The van der Waals surface area contributed by atoms with E-state index in [2.05, 4.69) is 10.3 Å². The Labute approximate surface area is 133 Å². The number of thiazole rings is 1. The Hall–Kier alpha value is -1.92. The maximum atomic E-state index is 12.5. The van der Waals surface area contributed by atoms with E-state index in [1.54, 1.807) is 11.1 Å². The molecule has 1 aromatic carbocycles. The van der Waals surface area contributed by atoms with Crippen molar-refractivity contribution in [3.63, 3.8) is 0 Å². The minimum Gasteiger partial charge on any atom is -0.376 e. The molecular weight excluding hydrogens is 298 g/mol. The summed E-state index contributed by atoms with van der Waals surface area (Å²) in [4.78, 5) is 18.4. The van der Waals surface area contributed by atoms with Gasteiger partial charge in [0, 0.05) is 31.3 Å². The summed E-state index contributed by atoms with van der Waals surface area (Å²) in [5.74, 6) is 0. The number of carbonyl (C=O) groups is 1. The van der Waals surface area contributed by atoms with Crippen molar-refractivity contribution in [2.75, 3.05) is 18.5 Å². The highest BCUT2D eigenvalue weighted by Crippen LogP contribution is 2.17. The average molecular weight is 317 g/mol. The Bertz CT molecular complexity index is 583. The van der Waals surface area contributed by atoms with Crippen molar-refractivity contribution < 1.29 is 9.53 Å². The number of anilines is 1. The third kappa shape index (κ3) is 4.05. The first-order valence-electron chi connectivity index (χ1n) is 7.42. The second-order valence-corrected chi connectivity index (χ2v) is 6.16. The summed E-state index contributed by atoms with van der Waals surface area (Å²) in [5.41, 5.74) is 1.11. The Kier molecular flexibility index (Phi) is 5.03. The van der Waals surface area contributed by atoms with E-state index in [4.69, 9.17) is 4.74 Å². The first-order chi connectivity index (χ1) is 10.8. The zero-order chi connectivity index (χ0) is 15.2. The van der Waals surface area contributed by atoms with Gasteiger partial charge in [0.2, 0.25) is 0 Å². The van der Waals surface area contributed by atoms with Crippen LogP contribution in [0.5, 0.6) is 0 Å². The molecule has 6 heteroatoms. The SMILES string of the molecule is O=C(Nc1nccs1)N(Cc1ccccc1)C[C@@H]1CCCO1. The fourth-order valence-corrected chi connectivity index (χ4v) is 3.03. The van der Waals surface area contributed by atoms with Crippen LogP contribution in [-0.2, 0) is 11.3 Å². The van der Waals surface area contributed by atoms with E-state index >= 15 is 0 Å². The number of aromatic nitrogens is 1. The molecule has 3 rings (SSSR count). The van der Waals surface area contributed by atoms with Crippen molar-refractivity contribution in [1.29, 1.82) is 0 Å². The molecule has 22 heavy (non-hydrogen) atoms. The van der Waals surface area contributed by atoms with E-state index in [0.717, 1.165) is 25.0 Å². The third-order valence-corrected chi connectivity index (χ3v) is 4.29. The van der Waals surface area contributed by atoms with Crippen LogP contribution in [0.2, 0.25) is 0 Å². The Morgan fingerprint density at radius 1 is 1.41 bits per heavy atom. The molecule has 1 N–H and O–H groups in total. The Balaban J connectivity index is 1.68. The fraction of sp³-hybridized carbons (Fsp3) is 0.375. The van der Waals surface area contributed by atoms with E-state index < -0.39 is 0 Å². The lowest BCUT2D eigenvalue weighted by Gasteiger charge is -2.25. The van der Waals surface area contributed by atoms with Crippen molar-refractivity contribution in [2.45, 2.75) is 25.5 Å². The van der Waals surface area contributed by atoms with Crippen LogP contribution in [0, 0.1) is 0 Å². The van der Waals surface area contributed by atoms with Gasteiger partial charge in [-0.2, -0.15) is 0 Å². The number of amides is 2. The van der Waals surface area contributed by atoms with Crippen LogP contribution >= 0.6 is 11.3 Å². The number of urea groups is 1. The number of benzene rings is 1. The van der Waals surface area contributed by atoms with Crippen LogP contribution in [-0.4, -0.2) is 35.2 Å². The normalized spacial score (nSPS) is 17.4. The molecule has 0 unspecified atom stereocenters. The van der Waals surface area contributed by atoms with Crippen molar-refractivity contribution in [3.05, 3.63) is 47.5 Å². The average Bonchev–Trinajstić information content (AvgIpc) is 3.21. The lowest BCUT2D eigenvalue weighted by molar-refractivity contribution is 0.0819. The van der Waals surface area contributed by atoms with Crippen molar-refractivity contribution in [1.82, 2.24) is 9.88 Å². The summed E-state index contributed by atoms with van der Waals surface area (Å²) in [5, 5.41) is 5.32. The molecule has 2 amide bonds. The highest BCUT2D eigenvalue weighted by atomic mass is 32.1.